The van der Waals surface area contributed by atoms with Gasteiger partial charge in [-0.15, -0.1) is 0 Å². The van der Waals surface area contributed by atoms with E-state index in [0.717, 1.165) is 6.42 Å². The van der Waals surface area contributed by atoms with Crippen LogP contribution in [0.3, 0.4) is 0 Å². The molecule has 3 atom stereocenters. The van der Waals surface area contributed by atoms with E-state index in [-0.39, 0.29) is 18.4 Å². The number of aliphatic hydroxyl groups excluding tert-OH is 1. The number of hydrogen-bond donors (Lipinski definition) is 3. The van der Waals surface area contributed by atoms with E-state index in [2.05, 4.69) is 5.32 Å². The van der Waals surface area contributed by atoms with E-state index in [1.165, 1.54) is 0 Å². The number of nitrogens with one attached hydrogen (secondary N) is 1. The molecule has 23 heavy (non-hydrogen) atoms. The van der Waals surface area contributed by atoms with Crippen LogP contribution in [0.15, 0.2) is 12.1 Å². The first-order chi connectivity index (χ1) is 10.9. The lowest BCUT2D eigenvalue weighted by Crippen LogP contribution is -2.45. The van der Waals surface area contributed by atoms with Crippen molar-refractivity contribution in [3.63, 3.8) is 0 Å². The van der Waals surface area contributed by atoms with Gasteiger partial charge in [0.05, 0.1) is 17.2 Å². The maximum absolute atomic E-state index is 12.0. The zero-order valence-electron chi connectivity index (χ0n) is 13.3. The predicted octanol–water partition coefficient (Wildman–Crippen LogP) is 1.63. The van der Waals surface area contributed by atoms with Crippen LogP contribution in [0.25, 0.3) is 0 Å². The van der Waals surface area contributed by atoms with Crippen LogP contribution in [-0.2, 0) is 4.79 Å². The van der Waals surface area contributed by atoms with Crippen molar-refractivity contribution in [1.82, 2.24) is 5.32 Å². The molecule has 1 aliphatic heterocycles. The van der Waals surface area contributed by atoms with Crippen LogP contribution in [0.1, 0.15) is 31.9 Å². The van der Waals surface area contributed by atoms with Crippen molar-refractivity contribution in [2.45, 2.75) is 32.4 Å². The first-order valence-electron chi connectivity index (χ1n) is 7.74. The van der Waals surface area contributed by atoms with Crippen LogP contribution >= 0.6 is 11.6 Å². The molecule has 2 rings (SSSR count). The molecule has 1 amide bonds. The molecular weight excluding hydrogens is 320 g/mol. The molecule has 7 heteroatoms. The van der Waals surface area contributed by atoms with Gasteiger partial charge in [-0.3, -0.25) is 4.79 Å². The molecule has 0 bridgehead atoms. The molecule has 0 spiro atoms. The highest BCUT2D eigenvalue weighted by atomic mass is 35.5. The van der Waals surface area contributed by atoms with Gasteiger partial charge in [0, 0.05) is 6.54 Å². The Morgan fingerprint density at radius 2 is 2.13 bits per heavy atom. The van der Waals surface area contributed by atoms with E-state index in [4.69, 9.17) is 26.8 Å². The van der Waals surface area contributed by atoms with Crippen LogP contribution < -0.4 is 20.5 Å². The van der Waals surface area contributed by atoms with E-state index in [1.807, 2.05) is 13.8 Å². The second-order valence-electron chi connectivity index (χ2n) is 5.70. The van der Waals surface area contributed by atoms with E-state index in [1.54, 1.807) is 12.1 Å². The fourth-order valence-corrected chi connectivity index (χ4v) is 2.54. The number of aliphatic hydroxyl groups is 1. The van der Waals surface area contributed by atoms with Crippen LogP contribution in [0, 0.1) is 5.92 Å². The standard InChI is InChI=1S/C16H23ClN2O4/c1-3-9(2)14(18)16(21)19-8-12(20)10-6-11(17)15-13(7-10)22-4-5-23-15/h6-7,9,12,14,20H,3-5,8,18H2,1-2H3,(H,19,21). The number of ether oxygens (including phenoxy) is 2. The summed E-state index contributed by atoms with van der Waals surface area (Å²) in [4.78, 5) is 12.0. The van der Waals surface area contributed by atoms with Gasteiger partial charge in [-0.1, -0.05) is 31.9 Å². The number of carbonyl (C=O) groups is 1. The highest BCUT2D eigenvalue weighted by Gasteiger charge is 2.22. The normalized spacial score (nSPS) is 17.3. The average Bonchev–Trinajstić information content (AvgIpc) is 2.57. The second kappa shape index (κ2) is 7.86. The molecule has 128 valence electrons. The predicted molar refractivity (Wildman–Crippen MR) is 87.8 cm³/mol. The number of benzene rings is 1. The van der Waals surface area contributed by atoms with Crippen molar-refractivity contribution in [3.05, 3.63) is 22.7 Å². The fourth-order valence-electron chi connectivity index (χ4n) is 2.27. The molecule has 6 nitrogen and oxygen atoms in total. The van der Waals surface area contributed by atoms with Gasteiger partial charge in [0.15, 0.2) is 11.5 Å². The van der Waals surface area contributed by atoms with Gasteiger partial charge in [0.1, 0.15) is 13.2 Å². The number of fused-ring (bicyclic) bond motifs is 1. The Labute approximate surface area is 140 Å². The molecule has 1 heterocycles. The van der Waals surface area contributed by atoms with Crippen LogP contribution in [0.5, 0.6) is 11.5 Å². The molecule has 0 saturated heterocycles. The van der Waals surface area contributed by atoms with Crippen molar-refractivity contribution in [3.8, 4) is 11.5 Å². The Morgan fingerprint density at radius 3 is 2.83 bits per heavy atom. The summed E-state index contributed by atoms with van der Waals surface area (Å²) in [6, 6.07) is 2.70. The smallest absolute Gasteiger partial charge is 0.237 e. The summed E-state index contributed by atoms with van der Waals surface area (Å²) < 4.78 is 10.9. The molecule has 0 fully saturated rings. The summed E-state index contributed by atoms with van der Waals surface area (Å²) in [5, 5.41) is 13.3. The summed E-state index contributed by atoms with van der Waals surface area (Å²) in [6.07, 6.45) is -0.0917. The van der Waals surface area contributed by atoms with Crippen molar-refractivity contribution in [1.29, 1.82) is 0 Å². The molecular formula is C16H23ClN2O4. The lowest BCUT2D eigenvalue weighted by molar-refractivity contribution is -0.123. The molecule has 0 aliphatic carbocycles. The minimum Gasteiger partial charge on any atom is -0.486 e. The Balaban J connectivity index is 2.00. The molecule has 3 unspecified atom stereocenters. The lowest BCUT2D eigenvalue weighted by atomic mass is 9.99. The van der Waals surface area contributed by atoms with Crippen LogP contribution in [-0.4, -0.2) is 36.8 Å². The summed E-state index contributed by atoms with van der Waals surface area (Å²) in [6.45, 7) is 4.82. The van der Waals surface area contributed by atoms with Crippen molar-refractivity contribution in [2.24, 2.45) is 11.7 Å². The molecule has 0 radical (unpaired) electrons. The van der Waals surface area contributed by atoms with Gasteiger partial charge in [0.2, 0.25) is 5.91 Å². The molecule has 0 aromatic heterocycles. The fraction of sp³-hybridized carbons (Fsp3) is 0.562. The van der Waals surface area contributed by atoms with E-state index >= 15 is 0 Å². The van der Waals surface area contributed by atoms with Gasteiger partial charge in [-0.25, -0.2) is 0 Å². The number of amides is 1. The van der Waals surface area contributed by atoms with Crippen molar-refractivity contribution >= 4 is 17.5 Å². The SMILES string of the molecule is CCC(C)C(N)C(=O)NCC(O)c1cc(Cl)c2c(c1)OCCO2. The minimum atomic E-state index is -0.906. The average molecular weight is 343 g/mol. The molecule has 1 aliphatic rings. The lowest BCUT2D eigenvalue weighted by Gasteiger charge is -2.22. The topological polar surface area (TPSA) is 93.8 Å². The van der Waals surface area contributed by atoms with Gasteiger partial charge >= 0.3 is 0 Å². The quantitative estimate of drug-likeness (QED) is 0.730. The number of rotatable bonds is 6. The Bertz CT molecular complexity index is 567. The van der Waals surface area contributed by atoms with Crippen LogP contribution in [0.2, 0.25) is 5.02 Å². The maximum Gasteiger partial charge on any atom is 0.237 e. The first kappa shape index (κ1) is 17.8. The zero-order valence-corrected chi connectivity index (χ0v) is 14.1. The number of carbonyl (C=O) groups excluding carboxylic acids is 1. The van der Waals surface area contributed by atoms with Gasteiger partial charge in [0.25, 0.3) is 0 Å². The van der Waals surface area contributed by atoms with E-state index < -0.39 is 12.1 Å². The van der Waals surface area contributed by atoms with E-state index in [0.29, 0.717) is 35.3 Å². The Kier molecular flexibility index (Phi) is 6.10. The second-order valence-corrected chi connectivity index (χ2v) is 6.11. The third-order valence-corrected chi connectivity index (χ3v) is 4.31. The van der Waals surface area contributed by atoms with Gasteiger partial charge in [-0.05, 0) is 23.6 Å². The number of nitrogens with two attached hydrogens (primary N) is 1. The largest absolute Gasteiger partial charge is 0.486 e. The van der Waals surface area contributed by atoms with Gasteiger partial charge < -0.3 is 25.6 Å². The summed E-state index contributed by atoms with van der Waals surface area (Å²) >= 11 is 6.14. The third kappa shape index (κ3) is 4.28. The number of hydrogen-bond acceptors (Lipinski definition) is 5. The highest BCUT2D eigenvalue weighted by molar-refractivity contribution is 6.32. The monoisotopic (exact) mass is 342 g/mol. The minimum absolute atomic E-state index is 0.0545. The highest BCUT2D eigenvalue weighted by Crippen LogP contribution is 2.39. The summed E-state index contributed by atoms with van der Waals surface area (Å²) in [7, 11) is 0. The van der Waals surface area contributed by atoms with Crippen LogP contribution in [0.4, 0.5) is 0 Å². The molecule has 1 aromatic rings. The van der Waals surface area contributed by atoms with E-state index in [9.17, 15) is 9.90 Å². The molecule has 4 N–H and O–H groups in total. The van der Waals surface area contributed by atoms with Gasteiger partial charge in [-0.2, -0.15) is 0 Å². The summed E-state index contributed by atoms with van der Waals surface area (Å²) in [5.41, 5.74) is 6.41. The Morgan fingerprint density at radius 1 is 1.43 bits per heavy atom. The third-order valence-electron chi connectivity index (χ3n) is 4.03. The first-order valence-corrected chi connectivity index (χ1v) is 8.12. The summed E-state index contributed by atoms with van der Waals surface area (Å²) in [5.74, 6) is 0.787. The Hall–Kier alpha value is -1.50. The molecule has 1 aromatic carbocycles. The zero-order chi connectivity index (χ0) is 17.0. The number of halogens is 1. The van der Waals surface area contributed by atoms with Crippen molar-refractivity contribution < 1.29 is 19.4 Å². The van der Waals surface area contributed by atoms with Crippen molar-refractivity contribution in [2.75, 3.05) is 19.8 Å². The maximum atomic E-state index is 12.0. The molecule has 0 saturated carbocycles.